The highest BCUT2D eigenvalue weighted by molar-refractivity contribution is 7.85. The van der Waals surface area contributed by atoms with Crippen LogP contribution in [-0.4, -0.2) is 19.5 Å². The van der Waals surface area contributed by atoms with Crippen LogP contribution < -0.4 is 15.9 Å². The van der Waals surface area contributed by atoms with Crippen LogP contribution in [0.25, 0.3) is 72.8 Å². The molecule has 2 aliphatic rings. The molecule has 2 unspecified atom stereocenters. The molecule has 2 atom stereocenters. The zero-order valence-electron chi connectivity index (χ0n) is 34.5. The van der Waals surface area contributed by atoms with Crippen LogP contribution >= 0.6 is 7.14 Å². The minimum Gasteiger partial charge on any atom is -0.309 e. The van der Waals surface area contributed by atoms with E-state index in [2.05, 4.69) is 132 Å². The quantitative estimate of drug-likeness (QED) is 0.162. The third-order valence-electron chi connectivity index (χ3n) is 13.3. The van der Waals surface area contributed by atoms with Crippen molar-refractivity contribution in [3.8, 4) is 51.0 Å². The minimum absolute atomic E-state index is 0.603. The van der Waals surface area contributed by atoms with E-state index in [9.17, 15) is 0 Å². The normalized spacial score (nSPS) is 16.9. The first-order valence-corrected chi connectivity index (χ1v) is 23.3. The summed E-state index contributed by atoms with van der Waals surface area (Å²) in [6, 6.07) is 78.1. The van der Waals surface area contributed by atoms with E-state index in [1.807, 2.05) is 97.1 Å². The lowest BCUT2D eigenvalue weighted by Gasteiger charge is -2.47. The maximum Gasteiger partial charge on any atom is 0.171 e. The summed E-state index contributed by atoms with van der Waals surface area (Å²) in [7, 11) is -3.39. The number of benzene rings is 9. The van der Waals surface area contributed by atoms with Crippen molar-refractivity contribution in [1.82, 2.24) is 19.5 Å². The summed E-state index contributed by atoms with van der Waals surface area (Å²) in [5, 5.41) is 4.98. The maximum atomic E-state index is 16.5. The Kier molecular flexibility index (Phi) is 8.03. The van der Waals surface area contributed by atoms with Crippen molar-refractivity contribution in [3.05, 3.63) is 247 Å². The number of hydrogen-bond donors (Lipinski definition) is 0. The zero-order chi connectivity index (χ0) is 42.4. The topological polar surface area (TPSA) is 60.7 Å². The molecule has 4 heterocycles. The summed E-state index contributed by atoms with van der Waals surface area (Å²) in [5.74, 6) is 1.85. The zero-order valence-corrected chi connectivity index (χ0v) is 35.4. The van der Waals surface area contributed by atoms with Gasteiger partial charge in [-0.3, -0.25) is 0 Å². The molecule has 0 aliphatic carbocycles. The van der Waals surface area contributed by atoms with Gasteiger partial charge in [-0.15, -0.1) is 0 Å². The van der Waals surface area contributed by atoms with E-state index in [1.165, 1.54) is 27.4 Å². The van der Waals surface area contributed by atoms with Gasteiger partial charge in [0.25, 0.3) is 0 Å². The van der Waals surface area contributed by atoms with Crippen LogP contribution in [0.15, 0.2) is 224 Å². The Bertz CT molecular complexity index is 3640. The van der Waals surface area contributed by atoms with Crippen molar-refractivity contribution in [2.45, 2.75) is 5.41 Å². The molecule has 0 bridgehead atoms. The van der Waals surface area contributed by atoms with Gasteiger partial charge in [0, 0.05) is 43.4 Å². The van der Waals surface area contributed by atoms with Gasteiger partial charge in [-0.05, 0) is 57.6 Å². The first kappa shape index (κ1) is 36.7. The van der Waals surface area contributed by atoms with Crippen LogP contribution in [0.3, 0.4) is 0 Å². The second kappa shape index (κ2) is 14.0. The van der Waals surface area contributed by atoms with E-state index in [0.29, 0.717) is 17.5 Å². The molecule has 2 aliphatic heterocycles. The van der Waals surface area contributed by atoms with Crippen molar-refractivity contribution in [1.29, 1.82) is 0 Å². The summed E-state index contributed by atoms with van der Waals surface area (Å²) in [4.78, 5) is 14.9. The molecule has 0 N–H and O–H groups in total. The van der Waals surface area contributed by atoms with Crippen LogP contribution in [0.4, 0.5) is 0 Å². The van der Waals surface area contributed by atoms with Crippen molar-refractivity contribution < 1.29 is 4.57 Å². The first-order chi connectivity index (χ1) is 31.6. The summed E-state index contributed by atoms with van der Waals surface area (Å²) < 4.78 is 19.0. The Morgan fingerprint density at radius 1 is 0.375 bits per heavy atom. The van der Waals surface area contributed by atoms with Crippen LogP contribution in [0.2, 0.25) is 0 Å². The number of fused-ring (bicyclic) bond motifs is 11. The second-order valence-corrected chi connectivity index (χ2v) is 19.3. The average Bonchev–Trinajstić information content (AvgIpc) is 3.72. The molecule has 1 spiro atoms. The Morgan fingerprint density at radius 3 is 1.58 bits per heavy atom. The second-order valence-electron chi connectivity index (χ2n) is 16.6. The first-order valence-electron chi connectivity index (χ1n) is 21.6. The predicted molar refractivity (Wildman–Crippen MR) is 261 cm³/mol. The van der Waals surface area contributed by atoms with E-state index in [4.69, 9.17) is 15.0 Å². The third kappa shape index (κ3) is 5.13. The van der Waals surface area contributed by atoms with Gasteiger partial charge < -0.3 is 9.13 Å². The summed E-state index contributed by atoms with van der Waals surface area (Å²) in [5.41, 5.74) is 11.9. The van der Waals surface area contributed by atoms with Crippen LogP contribution in [0.1, 0.15) is 22.3 Å². The Hall–Kier alpha value is -7.98. The summed E-state index contributed by atoms with van der Waals surface area (Å²) in [6.07, 6.45) is 0. The van der Waals surface area contributed by atoms with Gasteiger partial charge in [0.15, 0.2) is 24.6 Å². The summed E-state index contributed by atoms with van der Waals surface area (Å²) >= 11 is 0. The van der Waals surface area contributed by atoms with Gasteiger partial charge in [0.05, 0.1) is 22.1 Å². The van der Waals surface area contributed by atoms with Gasteiger partial charge in [0.1, 0.15) is 0 Å². The lowest BCUT2D eigenvalue weighted by molar-refractivity contribution is 0.590. The van der Waals surface area contributed by atoms with Gasteiger partial charge in [-0.1, -0.05) is 200 Å². The molecule has 6 heteroatoms. The molecule has 11 aromatic rings. The van der Waals surface area contributed by atoms with E-state index in [-0.39, 0.29) is 0 Å². The lowest BCUT2D eigenvalue weighted by atomic mass is 9.62. The fourth-order valence-corrected chi connectivity index (χ4v) is 13.7. The average molecular weight is 837 g/mol. The van der Waals surface area contributed by atoms with Crippen LogP contribution in [0, 0.1) is 0 Å². The Balaban J connectivity index is 1.06. The van der Waals surface area contributed by atoms with Gasteiger partial charge in [0.2, 0.25) is 0 Å². The van der Waals surface area contributed by atoms with Crippen LogP contribution in [-0.2, 0) is 9.98 Å². The molecule has 5 nitrogen and oxygen atoms in total. The number of para-hydroxylation sites is 3. The van der Waals surface area contributed by atoms with Crippen molar-refractivity contribution in [3.63, 3.8) is 0 Å². The minimum atomic E-state index is -3.39. The lowest BCUT2D eigenvalue weighted by Crippen LogP contribution is -2.48. The SMILES string of the molecule is O=P1(c2ccccc2)c2ccccc2C2(c3ccccc3-n3c4ccccc4c4cccc2c43)c2cc(-c3ccc(-c4nc(-c5ccccc5)nc(-c5ccccc5)n4)cc3)ccc21. The van der Waals surface area contributed by atoms with E-state index in [0.717, 1.165) is 66.1 Å². The van der Waals surface area contributed by atoms with Gasteiger partial charge in [-0.25, -0.2) is 15.0 Å². The predicted octanol–water partition coefficient (Wildman–Crippen LogP) is 12.3. The highest BCUT2D eigenvalue weighted by atomic mass is 31.2. The number of hydrogen-bond acceptors (Lipinski definition) is 4. The van der Waals surface area contributed by atoms with E-state index in [1.54, 1.807) is 0 Å². The molecule has 64 heavy (non-hydrogen) atoms. The number of nitrogens with zero attached hydrogens (tertiary/aromatic N) is 4. The molecule has 13 rings (SSSR count). The Labute approximate surface area is 370 Å². The molecule has 0 saturated carbocycles. The van der Waals surface area contributed by atoms with E-state index >= 15 is 4.57 Å². The standard InChI is InChI=1S/C58H37N4OP/c63-64(43-21-8-3-9-22-43)52-30-15-12-26-47(52)58(46-25-11-14-29-51(46)62-50-28-13-10-23-44(50)45-24-16-27-48(58)54(45)62)49-37-42(35-36-53(49)64)38-31-33-41(34-32-38)57-60-55(39-17-4-1-5-18-39)59-56(61-57)40-19-6-2-7-20-40/h1-37H. The monoisotopic (exact) mass is 836 g/mol. The molecular weight excluding hydrogens is 800 g/mol. The third-order valence-corrected chi connectivity index (χ3v) is 16.5. The molecule has 2 aromatic heterocycles. The fraction of sp³-hybridized carbons (Fsp3) is 0.0172. The van der Waals surface area contributed by atoms with Crippen molar-refractivity contribution >= 4 is 44.9 Å². The molecule has 0 radical (unpaired) electrons. The summed E-state index contributed by atoms with van der Waals surface area (Å²) in [6.45, 7) is 0. The van der Waals surface area contributed by atoms with Crippen LogP contribution in [0.5, 0.6) is 0 Å². The highest BCUT2D eigenvalue weighted by Gasteiger charge is 2.54. The highest BCUT2D eigenvalue weighted by Crippen LogP contribution is 2.61. The molecular formula is C58H37N4OP. The molecule has 0 saturated heterocycles. The van der Waals surface area contributed by atoms with E-state index < -0.39 is 12.6 Å². The molecule has 300 valence electrons. The number of aromatic nitrogens is 4. The molecule has 0 fully saturated rings. The number of rotatable bonds is 5. The van der Waals surface area contributed by atoms with Gasteiger partial charge in [-0.2, -0.15) is 0 Å². The fourth-order valence-electron chi connectivity index (χ4n) is 10.6. The smallest absolute Gasteiger partial charge is 0.171 e. The van der Waals surface area contributed by atoms with Crippen molar-refractivity contribution in [2.75, 3.05) is 0 Å². The largest absolute Gasteiger partial charge is 0.309 e. The van der Waals surface area contributed by atoms with Crippen molar-refractivity contribution in [2.24, 2.45) is 0 Å². The maximum absolute atomic E-state index is 16.5. The van der Waals surface area contributed by atoms with Gasteiger partial charge >= 0.3 is 0 Å². The Morgan fingerprint density at radius 2 is 0.875 bits per heavy atom. The molecule has 0 amide bonds. The molecule has 9 aromatic carbocycles.